The number of anilines is 2. The number of likely N-dealkylation sites (tertiary alicyclic amines) is 1. The van der Waals surface area contributed by atoms with Crippen LogP contribution >= 0.6 is 0 Å². The van der Waals surface area contributed by atoms with Crippen molar-refractivity contribution in [2.45, 2.75) is 32.4 Å². The molecular formula is C17H24N6. The Morgan fingerprint density at radius 2 is 2.13 bits per heavy atom. The molecule has 0 aliphatic carbocycles. The molecule has 1 aliphatic rings. The summed E-state index contributed by atoms with van der Waals surface area (Å²) in [4.78, 5) is 16.0. The molecule has 23 heavy (non-hydrogen) atoms. The molecule has 1 saturated heterocycles. The van der Waals surface area contributed by atoms with Crippen LogP contribution in [0.3, 0.4) is 0 Å². The molecule has 6 heteroatoms. The minimum atomic E-state index is 0.341. The third-order valence-corrected chi connectivity index (χ3v) is 4.32. The van der Waals surface area contributed by atoms with Crippen LogP contribution in [0.25, 0.3) is 0 Å². The maximum Gasteiger partial charge on any atom is 0.130 e. The lowest BCUT2D eigenvalue weighted by Crippen LogP contribution is -2.24. The summed E-state index contributed by atoms with van der Waals surface area (Å²) < 4.78 is 0. The van der Waals surface area contributed by atoms with Crippen LogP contribution in [-0.4, -0.2) is 40.5 Å². The summed E-state index contributed by atoms with van der Waals surface area (Å²) in [6.45, 7) is 3.91. The van der Waals surface area contributed by atoms with Gasteiger partial charge in [0.2, 0.25) is 0 Å². The summed E-state index contributed by atoms with van der Waals surface area (Å²) in [6.07, 6.45) is 4.15. The normalized spacial score (nSPS) is 18.1. The number of nitrogens with one attached hydrogen (secondary N) is 2. The molecule has 1 aliphatic heterocycles. The highest BCUT2D eigenvalue weighted by molar-refractivity contribution is 5.43. The molecule has 3 rings (SSSR count). The van der Waals surface area contributed by atoms with Crippen molar-refractivity contribution < 1.29 is 0 Å². The second-order valence-electron chi connectivity index (χ2n) is 5.86. The molecular weight excluding hydrogens is 288 g/mol. The minimum Gasteiger partial charge on any atom is -0.373 e. The molecule has 122 valence electrons. The van der Waals surface area contributed by atoms with E-state index in [4.69, 9.17) is 0 Å². The van der Waals surface area contributed by atoms with Gasteiger partial charge in [0.05, 0.1) is 11.7 Å². The lowest BCUT2D eigenvalue weighted by Gasteiger charge is -2.25. The van der Waals surface area contributed by atoms with Gasteiger partial charge in [-0.15, -0.1) is 0 Å². The lowest BCUT2D eigenvalue weighted by molar-refractivity contribution is 0.244. The standard InChI is InChI=1S/C17H24N6/c1-12-21-14(10-16(18-2)22-12)15-7-5-9-23(15)11-13-6-4-8-20-17(13)19-3/h4,6,8,10,15H,5,7,9,11H2,1-3H3,(H,19,20)(H,18,21,22)/t15-/m1/s1. The Bertz CT molecular complexity index is 672. The van der Waals surface area contributed by atoms with E-state index in [2.05, 4.69) is 42.6 Å². The zero-order chi connectivity index (χ0) is 16.2. The van der Waals surface area contributed by atoms with Crippen LogP contribution in [0.15, 0.2) is 24.4 Å². The lowest BCUT2D eigenvalue weighted by atomic mass is 10.1. The van der Waals surface area contributed by atoms with E-state index in [-0.39, 0.29) is 0 Å². The molecule has 0 bridgehead atoms. The molecule has 0 aromatic carbocycles. The van der Waals surface area contributed by atoms with Gasteiger partial charge < -0.3 is 10.6 Å². The van der Waals surface area contributed by atoms with Crippen LogP contribution < -0.4 is 10.6 Å². The van der Waals surface area contributed by atoms with Crippen LogP contribution in [0, 0.1) is 6.92 Å². The van der Waals surface area contributed by atoms with Gasteiger partial charge in [0.1, 0.15) is 17.5 Å². The van der Waals surface area contributed by atoms with E-state index >= 15 is 0 Å². The first-order valence-corrected chi connectivity index (χ1v) is 8.10. The van der Waals surface area contributed by atoms with Crippen LogP contribution in [0.2, 0.25) is 0 Å². The first kappa shape index (κ1) is 15.7. The molecule has 0 radical (unpaired) electrons. The van der Waals surface area contributed by atoms with Gasteiger partial charge in [0, 0.05) is 38.5 Å². The summed E-state index contributed by atoms with van der Waals surface area (Å²) in [5.41, 5.74) is 2.33. The number of pyridine rings is 1. The van der Waals surface area contributed by atoms with Crippen molar-refractivity contribution in [3.05, 3.63) is 41.5 Å². The van der Waals surface area contributed by atoms with Crippen molar-refractivity contribution >= 4 is 11.6 Å². The van der Waals surface area contributed by atoms with Gasteiger partial charge in [-0.3, -0.25) is 4.90 Å². The predicted molar refractivity (Wildman–Crippen MR) is 92.5 cm³/mol. The second kappa shape index (κ2) is 6.91. The zero-order valence-corrected chi connectivity index (χ0v) is 14.0. The van der Waals surface area contributed by atoms with E-state index < -0.39 is 0 Å². The van der Waals surface area contributed by atoms with Gasteiger partial charge >= 0.3 is 0 Å². The minimum absolute atomic E-state index is 0.341. The third kappa shape index (κ3) is 3.42. The Kier molecular flexibility index (Phi) is 4.71. The van der Waals surface area contributed by atoms with Crippen LogP contribution in [-0.2, 0) is 6.54 Å². The maximum absolute atomic E-state index is 4.67. The SMILES string of the molecule is CNc1cc([C@H]2CCCN2Cc2cccnc2NC)nc(C)n1. The molecule has 1 fully saturated rings. The van der Waals surface area contributed by atoms with Crippen molar-refractivity contribution in [3.63, 3.8) is 0 Å². The van der Waals surface area contributed by atoms with E-state index in [1.54, 1.807) is 0 Å². The van der Waals surface area contributed by atoms with Gasteiger partial charge in [0.25, 0.3) is 0 Å². The quantitative estimate of drug-likeness (QED) is 0.884. The molecule has 2 aromatic rings. The van der Waals surface area contributed by atoms with E-state index in [0.29, 0.717) is 6.04 Å². The molecule has 1 atom stereocenters. The fraction of sp³-hybridized carbons (Fsp3) is 0.471. The van der Waals surface area contributed by atoms with Crippen molar-refractivity contribution in [2.75, 3.05) is 31.3 Å². The molecule has 6 nitrogen and oxygen atoms in total. The maximum atomic E-state index is 4.67. The van der Waals surface area contributed by atoms with E-state index in [1.807, 2.05) is 33.3 Å². The Morgan fingerprint density at radius 1 is 1.26 bits per heavy atom. The molecule has 0 amide bonds. The molecule has 3 heterocycles. The Labute approximate surface area is 137 Å². The van der Waals surface area contributed by atoms with Gasteiger partial charge in [-0.05, 0) is 32.4 Å². The molecule has 2 aromatic heterocycles. The second-order valence-corrected chi connectivity index (χ2v) is 5.86. The zero-order valence-electron chi connectivity index (χ0n) is 14.0. The number of aromatic nitrogens is 3. The van der Waals surface area contributed by atoms with Crippen LogP contribution in [0.5, 0.6) is 0 Å². The van der Waals surface area contributed by atoms with Crippen molar-refractivity contribution in [1.29, 1.82) is 0 Å². The Balaban J connectivity index is 1.84. The number of rotatable bonds is 5. The predicted octanol–water partition coefficient (Wildman–Crippen LogP) is 2.60. The topological polar surface area (TPSA) is 66.0 Å². The molecule has 2 N–H and O–H groups in total. The highest BCUT2D eigenvalue weighted by Gasteiger charge is 2.28. The van der Waals surface area contributed by atoms with Crippen molar-refractivity contribution in [2.24, 2.45) is 0 Å². The summed E-state index contributed by atoms with van der Waals surface area (Å²) >= 11 is 0. The van der Waals surface area contributed by atoms with Gasteiger partial charge in [-0.1, -0.05) is 6.07 Å². The smallest absolute Gasteiger partial charge is 0.130 e. The first-order chi connectivity index (χ1) is 11.2. The highest BCUT2D eigenvalue weighted by Crippen LogP contribution is 2.33. The summed E-state index contributed by atoms with van der Waals surface area (Å²) in [5, 5.41) is 6.30. The summed E-state index contributed by atoms with van der Waals surface area (Å²) in [6, 6.07) is 6.54. The summed E-state index contributed by atoms with van der Waals surface area (Å²) in [5.74, 6) is 2.65. The third-order valence-electron chi connectivity index (χ3n) is 4.32. The number of nitrogens with zero attached hydrogens (tertiary/aromatic N) is 4. The fourth-order valence-corrected chi connectivity index (χ4v) is 3.25. The van der Waals surface area contributed by atoms with Gasteiger partial charge in [-0.25, -0.2) is 15.0 Å². The number of hydrogen-bond donors (Lipinski definition) is 2. The number of aryl methyl sites for hydroxylation is 1. The average molecular weight is 312 g/mol. The summed E-state index contributed by atoms with van der Waals surface area (Å²) in [7, 11) is 3.81. The molecule has 0 unspecified atom stereocenters. The van der Waals surface area contributed by atoms with E-state index in [0.717, 1.165) is 42.7 Å². The largest absolute Gasteiger partial charge is 0.373 e. The number of hydrogen-bond acceptors (Lipinski definition) is 6. The Hall–Kier alpha value is -2.21. The molecule has 0 saturated carbocycles. The first-order valence-electron chi connectivity index (χ1n) is 8.10. The Morgan fingerprint density at radius 3 is 2.91 bits per heavy atom. The van der Waals surface area contributed by atoms with E-state index in [1.165, 1.54) is 12.0 Å². The fourth-order valence-electron chi connectivity index (χ4n) is 3.25. The van der Waals surface area contributed by atoms with E-state index in [9.17, 15) is 0 Å². The van der Waals surface area contributed by atoms with Gasteiger partial charge in [0.15, 0.2) is 0 Å². The average Bonchev–Trinajstić information content (AvgIpc) is 3.03. The van der Waals surface area contributed by atoms with Crippen LogP contribution in [0.1, 0.15) is 36.0 Å². The monoisotopic (exact) mass is 312 g/mol. The van der Waals surface area contributed by atoms with Crippen LogP contribution in [0.4, 0.5) is 11.6 Å². The van der Waals surface area contributed by atoms with Crippen molar-refractivity contribution in [1.82, 2.24) is 19.9 Å². The van der Waals surface area contributed by atoms with Gasteiger partial charge in [-0.2, -0.15) is 0 Å². The van der Waals surface area contributed by atoms with Crippen molar-refractivity contribution in [3.8, 4) is 0 Å². The molecule has 0 spiro atoms. The highest BCUT2D eigenvalue weighted by atomic mass is 15.2.